The number of thiophene rings is 2. The highest BCUT2D eigenvalue weighted by molar-refractivity contribution is 8.03. The smallest absolute Gasteiger partial charge is 0.354 e. The van der Waals surface area contributed by atoms with E-state index in [4.69, 9.17) is 57.6 Å². The first-order valence-electron chi connectivity index (χ1n) is 32.0. The summed E-state index contributed by atoms with van der Waals surface area (Å²) >= 11 is 5.61. The molecule has 8 aliphatic rings. The van der Waals surface area contributed by atoms with E-state index in [0.29, 0.717) is 84.4 Å². The molecule has 8 aromatic rings. The number of nitrogens with one attached hydrogen (secondary N) is 2. The summed E-state index contributed by atoms with van der Waals surface area (Å²) in [5, 5.41) is 28.4. The van der Waals surface area contributed by atoms with Crippen molar-refractivity contribution < 1.29 is 106 Å². The molecule has 8 aliphatic heterocycles. The number of methoxy groups -OCH3 is 2. The van der Waals surface area contributed by atoms with Gasteiger partial charge in [0.05, 0.1) is 38.2 Å². The van der Waals surface area contributed by atoms with Gasteiger partial charge < -0.3 is 73.1 Å². The van der Waals surface area contributed by atoms with Crippen LogP contribution in [0.5, 0.6) is 46.0 Å². The third-order valence-electron chi connectivity index (χ3n) is 18.2. The van der Waals surface area contributed by atoms with Crippen LogP contribution in [0.25, 0.3) is 0 Å². The van der Waals surface area contributed by atoms with Crippen molar-refractivity contribution in [1.29, 1.82) is 0 Å². The molecular formula is C74H56N4O22S4. The van der Waals surface area contributed by atoms with Crippen molar-refractivity contribution in [3.05, 3.63) is 233 Å². The topological polar surface area (TPSA) is 334 Å². The summed E-state index contributed by atoms with van der Waals surface area (Å²) in [5.74, 6) is -3.35. The number of carbonyl (C=O) groups excluding carboxylic acids is 8. The molecule has 7 atom stereocenters. The number of carboxylic acid groups (broad SMARTS) is 2. The zero-order valence-corrected chi connectivity index (χ0v) is 57.8. The minimum absolute atomic E-state index is 0.0745. The Bertz CT molecular complexity index is 4950. The lowest BCUT2D eigenvalue weighted by molar-refractivity contribution is -0.161. The van der Waals surface area contributed by atoms with Crippen LogP contribution in [0, 0.1) is 0 Å². The fourth-order valence-electron chi connectivity index (χ4n) is 13.7. The summed E-state index contributed by atoms with van der Waals surface area (Å²) in [6.45, 7) is -1.29. The van der Waals surface area contributed by atoms with Crippen LogP contribution in [-0.2, 0) is 81.3 Å². The molecule has 4 N–H and O–H groups in total. The number of β-lactam (4-membered cyclic amide) rings is 2. The summed E-state index contributed by atoms with van der Waals surface area (Å²) in [5.41, 5.74) is 2.45. The average molecular weight is 1480 g/mol. The Balaban J connectivity index is 0.000000167. The minimum Gasteiger partial charge on any atom is -0.489 e. The lowest BCUT2D eigenvalue weighted by Gasteiger charge is -2.51. The lowest BCUT2D eigenvalue weighted by Crippen LogP contribution is -2.74. The van der Waals surface area contributed by atoms with Gasteiger partial charge in [-0.05, 0) is 89.0 Å². The second-order valence-corrected chi connectivity index (χ2v) is 28.5. The third-order valence-corrected chi connectivity index (χ3v) is 22.5. The summed E-state index contributed by atoms with van der Waals surface area (Å²) in [7, 11) is 2.47. The molecule has 10 heterocycles. The molecule has 528 valence electrons. The first kappa shape index (κ1) is 68.2. The highest BCUT2D eigenvalue weighted by Crippen LogP contribution is 2.59. The van der Waals surface area contributed by atoms with Gasteiger partial charge in [0.2, 0.25) is 17.7 Å². The number of amides is 4. The highest BCUT2D eigenvalue weighted by Gasteiger charge is 2.59. The van der Waals surface area contributed by atoms with E-state index < -0.39 is 101 Å². The fraction of sp³-hybridized carbons (Fsp3) is 0.216. The van der Waals surface area contributed by atoms with E-state index in [0.717, 1.165) is 9.75 Å². The first-order chi connectivity index (χ1) is 50.3. The largest absolute Gasteiger partial charge is 0.489 e. The van der Waals surface area contributed by atoms with Crippen LogP contribution in [-0.4, -0.2) is 155 Å². The average Bonchev–Trinajstić information content (AvgIpc) is 1.50. The van der Waals surface area contributed by atoms with Gasteiger partial charge in [-0.2, -0.15) is 0 Å². The maximum atomic E-state index is 13.3. The van der Waals surface area contributed by atoms with Crippen molar-refractivity contribution in [2.45, 2.75) is 52.9 Å². The normalized spacial score (nSPS) is 21.4. The molecule has 6 aromatic carbocycles. The Morgan fingerprint density at radius 3 is 1.45 bits per heavy atom. The fourth-order valence-corrected chi connectivity index (χ4v) is 17.6. The predicted octanol–water partition coefficient (Wildman–Crippen LogP) is 8.45. The molecule has 0 aliphatic carbocycles. The Kier molecular flexibility index (Phi) is 18.1. The summed E-state index contributed by atoms with van der Waals surface area (Å²) in [6, 6.07) is 38.6. The number of esters is 4. The minimum atomic E-state index is -1.37. The van der Waals surface area contributed by atoms with Crippen molar-refractivity contribution in [1.82, 2.24) is 20.4 Å². The molecule has 0 radical (unpaired) electrons. The lowest BCUT2D eigenvalue weighted by atomic mass is 9.77. The van der Waals surface area contributed by atoms with Crippen molar-refractivity contribution >= 4 is 106 Å². The number of carbonyl (C=O) groups is 10. The quantitative estimate of drug-likeness (QED) is 0.0316. The van der Waals surface area contributed by atoms with E-state index in [9.17, 15) is 47.9 Å². The maximum Gasteiger partial charge on any atom is 0.354 e. The Labute approximate surface area is 606 Å². The van der Waals surface area contributed by atoms with Gasteiger partial charge in [0, 0.05) is 84.3 Å². The SMILES string of the molecule is COC(=O)C1=C(COc2ccc3c(c2)Oc2cc(OCC(=O)O)ccc2C32OC(=O)c3ccccc32)CSC2C(NC(=O)Cc3cccs3)C(=O)N12.COC(=O)C1C(COc2ccc3c(c2)Oc2cc(OCC(=O)O)ccc2C32OC(=O)c3ccccc32)=CSC2C(NC(=O)Cc3cccs3)C(=O)N12. The van der Waals surface area contributed by atoms with Crippen LogP contribution in [0.4, 0.5) is 0 Å². The maximum absolute atomic E-state index is 13.3. The number of carboxylic acids is 2. The number of aliphatic carboxylic acids is 2. The van der Waals surface area contributed by atoms with E-state index in [-0.39, 0.29) is 66.6 Å². The number of rotatable bonds is 20. The molecule has 26 nitrogen and oxygen atoms in total. The summed E-state index contributed by atoms with van der Waals surface area (Å²) in [6.07, 6.45) is 0.309. The van der Waals surface area contributed by atoms with Gasteiger partial charge in [-0.3, -0.25) is 24.1 Å². The van der Waals surface area contributed by atoms with Crippen LogP contribution >= 0.6 is 46.2 Å². The predicted molar refractivity (Wildman–Crippen MR) is 371 cm³/mol. The molecule has 2 saturated heterocycles. The molecule has 4 amide bonds. The van der Waals surface area contributed by atoms with Gasteiger partial charge in [-0.1, -0.05) is 48.5 Å². The van der Waals surface area contributed by atoms with Gasteiger partial charge in [-0.25, -0.2) is 28.8 Å². The monoisotopic (exact) mass is 1480 g/mol. The number of hydrogen-bond acceptors (Lipinski definition) is 24. The van der Waals surface area contributed by atoms with Crippen LogP contribution in [0.2, 0.25) is 0 Å². The van der Waals surface area contributed by atoms with Crippen molar-refractivity contribution in [3.8, 4) is 46.0 Å². The molecule has 0 saturated carbocycles. The molecule has 0 bridgehead atoms. The molecule has 2 aromatic heterocycles. The standard InChI is InChI=1S/2C37H28N2O11S2/c2*1-46-36(45)32-19(18-52-34-31(33(43)39(32)34)38-29(40)15-22-5-4-12-51-22)16-47-20-8-10-25-27(13-20)49-28-14-21(48-17-30(41)42)9-11-26(28)37(25)24-7-3-2-6-23(24)35(44)50-37/h2-14,31,34H,15-18H2,1H3,(H,38,40)(H,41,42);2-14,18,31-32,34H,15-17H2,1H3,(H,38,40)(H,41,42). The highest BCUT2D eigenvalue weighted by atomic mass is 32.2. The number of ether oxygens (including phenoxy) is 10. The second-order valence-electron chi connectivity index (χ2n) is 24.4. The number of nitrogens with zero attached hydrogens (tertiary/aromatic N) is 2. The van der Waals surface area contributed by atoms with Gasteiger partial charge in [0.25, 0.3) is 5.91 Å². The molecular weight excluding hydrogens is 1430 g/mol. The van der Waals surface area contributed by atoms with E-state index in [2.05, 4.69) is 10.6 Å². The Morgan fingerprint density at radius 2 is 1.00 bits per heavy atom. The Morgan fingerprint density at radius 1 is 0.538 bits per heavy atom. The molecule has 16 rings (SSSR count). The van der Waals surface area contributed by atoms with Crippen LogP contribution in [0.3, 0.4) is 0 Å². The number of benzene rings is 6. The summed E-state index contributed by atoms with van der Waals surface area (Å²) < 4.78 is 58.3. The first-order valence-corrected chi connectivity index (χ1v) is 35.8. The molecule has 30 heteroatoms. The molecule has 7 unspecified atom stereocenters. The zero-order valence-electron chi connectivity index (χ0n) is 54.5. The van der Waals surface area contributed by atoms with Crippen molar-refractivity contribution in [2.24, 2.45) is 0 Å². The van der Waals surface area contributed by atoms with E-state index in [1.54, 1.807) is 90.3 Å². The molecule has 104 heavy (non-hydrogen) atoms. The van der Waals surface area contributed by atoms with Crippen molar-refractivity contribution in [2.75, 3.05) is 46.4 Å². The summed E-state index contributed by atoms with van der Waals surface area (Å²) in [4.78, 5) is 131. The van der Waals surface area contributed by atoms with Crippen LogP contribution in [0.1, 0.15) is 63.9 Å². The van der Waals surface area contributed by atoms with Gasteiger partial charge in [0.15, 0.2) is 30.5 Å². The number of fused-ring (bicyclic) bond motifs is 14. The third kappa shape index (κ3) is 12.1. The Hall–Kier alpha value is -11.6. The van der Waals surface area contributed by atoms with E-state index >= 15 is 0 Å². The van der Waals surface area contributed by atoms with E-state index in [1.165, 1.54) is 82.3 Å². The van der Waals surface area contributed by atoms with Gasteiger partial charge >= 0.3 is 35.8 Å². The van der Waals surface area contributed by atoms with Gasteiger partial charge in [-0.15, -0.1) is 46.2 Å². The molecule has 2 fully saturated rings. The molecule has 2 spiro atoms. The van der Waals surface area contributed by atoms with Gasteiger partial charge in [0.1, 0.15) is 87.7 Å². The van der Waals surface area contributed by atoms with Crippen molar-refractivity contribution in [3.63, 3.8) is 0 Å². The van der Waals surface area contributed by atoms with E-state index in [1.807, 2.05) is 59.3 Å². The zero-order chi connectivity index (χ0) is 72.3. The second kappa shape index (κ2) is 27.6. The number of thioether (sulfide) groups is 2. The number of hydrogen-bond donors (Lipinski definition) is 4. The van der Waals surface area contributed by atoms with Crippen LogP contribution in [0.15, 0.2) is 179 Å². The van der Waals surface area contributed by atoms with Crippen LogP contribution < -0.4 is 39.1 Å².